The molecule has 1 fully saturated rings. The number of ether oxygens (including phenoxy) is 1. The van der Waals surface area contributed by atoms with E-state index in [4.69, 9.17) is 0 Å². The maximum atomic E-state index is 12.6. The van der Waals surface area contributed by atoms with Gasteiger partial charge in [-0.15, -0.1) is 22.0 Å². The van der Waals surface area contributed by atoms with E-state index in [9.17, 15) is 14.4 Å². The van der Waals surface area contributed by atoms with Crippen molar-refractivity contribution in [1.29, 1.82) is 0 Å². The van der Waals surface area contributed by atoms with Crippen LogP contribution in [0.2, 0.25) is 0 Å². The van der Waals surface area contributed by atoms with Crippen molar-refractivity contribution in [3.8, 4) is 0 Å². The molecule has 2 amide bonds. The van der Waals surface area contributed by atoms with Crippen LogP contribution in [0.5, 0.6) is 0 Å². The Morgan fingerprint density at radius 2 is 1.91 bits per heavy atom. The van der Waals surface area contributed by atoms with Crippen LogP contribution in [0.15, 0.2) is 58.9 Å². The van der Waals surface area contributed by atoms with Crippen LogP contribution in [-0.2, 0) is 20.9 Å². The van der Waals surface area contributed by atoms with Gasteiger partial charge in [-0.3, -0.25) is 19.7 Å². The summed E-state index contributed by atoms with van der Waals surface area (Å²) >= 11 is 3.97. The Hall–Kier alpha value is -2.89. The van der Waals surface area contributed by atoms with Crippen molar-refractivity contribution in [3.63, 3.8) is 0 Å². The summed E-state index contributed by atoms with van der Waals surface area (Å²) in [6.45, 7) is 0.549. The fourth-order valence-electron chi connectivity index (χ4n) is 3.15. The summed E-state index contributed by atoms with van der Waals surface area (Å²) in [7, 11) is 1.32. The Morgan fingerprint density at radius 3 is 2.64 bits per heavy atom. The monoisotopic (exact) mass is 500 g/mol. The number of nitrogens with one attached hydrogen (secondary N) is 1. The highest BCUT2D eigenvalue weighted by Gasteiger charge is 2.32. The maximum absolute atomic E-state index is 12.6. The zero-order chi connectivity index (χ0) is 23.2. The molecule has 3 aromatic rings. The molecule has 4 rings (SSSR count). The maximum Gasteiger partial charge on any atom is 0.316 e. The van der Waals surface area contributed by atoms with E-state index in [1.54, 1.807) is 23.9 Å². The smallest absolute Gasteiger partial charge is 0.316 e. The topological polar surface area (TPSA) is 101 Å². The molecule has 2 heterocycles. The van der Waals surface area contributed by atoms with Crippen LogP contribution in [-0.4, -0.2) is 51.5 Å². The molecule has 1 aromatic heterocycles. The van der Waals surface area contributed by atoms with Crippen LogP contribution in [0.4, 0.5) is 5.13 Å². The summed E-state index contributed by atoms with van der Waals surface area (Å²) in [5.41, 5.74) is 2.52. The van der Waals surface area contributed by atoms with Gasteiger partial charge in [0.2, 0.25) is 11.0 Å². The van der Waals surface area contributed by atoms with Crippen LogP contribution >= 0.6 is 34.9 Å². The Kier molecular flexibility index (Phi) is 7.63. The number of carbonyl (C=O) groups is 3. The highest BCUT2D eigenvalue weighted by molar-refractivity contribution is 8.01. The minimum Gasteiger partial charge on any atom is -0.468 e. The van der Waals surface area contributed by atoms with Gasteiger partial charge in [-0.2, -0.15) is 0 Å². The predicted molar refractivity (Wildman–Crippen MR) is 129 cm³/mol. The van der Waals surface area contributed by atoms with Gasteiger partial charge in [-0.1, -0.05) is 65.6 Å². The van der Waals surface area contributed by atoms with Crippen molar-refractivity contribution >= 4 is 57.8 Å². The lowest BCUT2D eigenvalue weighted by Crippen LogP contribution is -2.27. The highest BCUT2D eigenvalue weighted by Crippen LogP contribution is 2.39. The molecule has 2 aromatic carbocycles. The molecule has 1 aliphatic rings. The number of hydrogen-bond donors (Lipinski definition) is 1. The summed E-state index contributed by atoms with van der Waals surface area (Å²) < 4.78 is 5.16. The number of aromatic nitrogens is 2. The molecule has 0 aliphatic carbocycles. The lowest BCUT2D eigenvalue weighted by Gasteiger charge is -2.24. The van der Waals surface area contributed by atoms with E-state index in [1.165, 1.54) is 30.2 Å². The molecule has 11 heteroatoms. The van der Waals surface area contributed by atoms with Gasteiger partial charge in [0.05, 0.1) is 18.6 Å². The highest BCUT2D eigenvalue weighted by atomic mass is 32.2. The minimum absolute atomic E-state index is 0.0904. The number of nitrogens with zero attached hydrogens (tertiary/aromatic N) is 3. The average Bonchev–Trinajstić information content (AvgIpc) is 3.44. The molecular formula is C22H20N4O4S3. The van der Waals surface area contributed by atoms with E-state index in [0.717, 1.165) is 11.1 Å². The molecule has 1 N–H and O–H groups in total. The van der Waals surface area contributed by atoms with Crippen LogP contribution in [0.1, 0.15) is 26.9 Å². The van der Waals surface area contributed by atoms with Gasteiger partial charge in [0, 0.05) is 12.1 Å². The summed E-state index contributed by atoms with van der Waals surface area (Å²) in [5, 5.41) is 10.9. The number of esters is 1. The van der Waals surface area contributed by atoms with E-state index in [2.05, 4.69) is 20.3 Å². The van der Waals surface area contributed by atoms with Gasteiger partial charge in [0.15, 0.2) is 4.34 Å². The fraction of sp³-hybridized carbons (Fsp3) is 0.227. The number of rotatable bonds is 8. The van der Waals surface area contributed by atoms with E-state index in [0.29, 0.717) is 27.3 Å². The Bertz CT molecular complexity index is 1140. The number of amides is 2. The Labute approximate surface area is 203 Å². The number of anilines is 1. The van der Waals surface area contributed by atoms with Crippen molar-refractivity contribution in [2.75, 3.05) is 23.9 Å². The number of thioether (sulfide) groups is 2. The third kappa shape index (κ3) is 5.92. The summed E-state index contributed by atoms with van der Waals surface area (Å²) in [5.74, 6) is 0.00745. The van der Waals surface area contributed by atoms with E-state index < -0.39 is 0 Å². The largest absolute Gasteiger partial charge is 0.468 e. The second-order valence-corrected chi connectivity index (χ2v) is 10.3. The first-order valence-electron chi connectivity index (χ1n) is 9.93. The first-order valence-corrected chi connectivity index (χ1v) is 12.8. The number of carbonyl (C=O) groups excluding carboxylic acids is 3. The van der Waals surface area contributed by atoms with Crippen molar-refractivity contribution in [1.82, 2.24) is 15.1 Å². The lowest BCUT2D eigenvalue weighted by molar-refractivity contribution is -0.137. The fourth-order valence-corrected chi connectivity index (χ4v) is 5.92. The lowest BCUT2D eigenvalue weighted by atomic mass is 10.1. The third-order valence-electron chi connectivity index (χ3n) is 4.79. The van der Waals surface area contributed by atoms with Gasteiger partial charge in [0.1, 0.15) is 5.37 Å². The van der Waals surface area contributed by atoms with Crippen molar-refractivity contribution in [3.05, 3.63) is 71.3 Å². The summed E-state index contributed by atoms with van der Waals surface area (Å²) in [4.78, 5) is 38.1. The molecule has 8 nitrogen and oxygen atoms in total. The first-order chi connectivity index (χ1) is 16.0. The molecular weight excluding hydrogens is 480 g/mol. The van der Waals surface area contributed by atoms with Crippen LogP contribution < -0.4 is 5.32 Å². The predicted octanol–water partition coefficient (Wildman–Crippen LogP) is 3.83. The van der Waals surface area contributed by atoms with Gasteiger partial charge in [-0.25, -0.2) is 0 Å². The Balaban J connectivity index is 1.38. The minimum atomic E-state index is -0.356. The van der Waals surface area contributed by atoms with Crippen LogP contribution in [0, 0.1) is 0 Å². The van der Waals surface area contributed by atoms with Gasteiger partial charge < -0.3 is 9.64 Å². The molecule has 0 saturated carbocycles. The average molecular weight is 501 g/mol. The SMILES string of the molecule is COC(=O)CSc1nnc(NC(=O)c2ccc([C@@H]3SCC(=O)N3Cc3ccccc3)cc2)s1. The molecule has 0 spiro atoms. The molecule has 33 heavy (non-hydrogen) atoms. The summed E-state index contributed by atoms with van der Waals surface area (Å²) in [6.07, 6.45) is 0. The molecule has 0 bridgehead atoms. The number of hydrogen-bond acceptors (Lipinski definition) is 9. The van der Waals surface area contributed by atoms with Crippen molar-refractivity contribution in [2.45, 2.75) is 16.3 Å². The standard InChI is InChI=1S/C22H20N4O4S3/c1-30-18(28)13-32-22-25-24-21(33-22)23-19(29)15-7-9-16(10-8-15)20-26(17(27)12-31-20)11-14-5-3-2-4-6-14/h2-10,20H,11-13H2,1H3,(H,23,24,29)/t20-/m0/s1. The van der Waals surface area contributed by atoms with Crippen molar-refractivity contribution in [2.24, 2.45) is 0 Å². The van der Waals surface area contributed by atoms with Crippen molar-refractivity contribution < 1.29 is 19.1 Å². The van der Waals surface area contributed by atoms with Gasteiger partial charge in [-0.05, 0) is 23.3 Å². The molecule has 0 radical (unpaired) electrons. The summed E-state index contributed by atoms with van der Waals surface area (Å²) in [6, 6.07) is 17.1. The second-order valence-electron chi connectivity index (χ2n) is 6.98. The normalized spacial score (nSPS) is 15.5. The van der Waals surface area contributed by atoms with Crippen LogP contribution in [0.3, 0.4) is 0 Å². The second kappa shape index (κ2) is 10.8. The first kappa shape index (κ1) is 23.3. The zero-order valence-corrected chi connectivity index (χ0v) is 20.0. The third-order valence-corrected chi connectivity index (χ3v) is 7.99. The van der Waals surface area contributed by atoms with Crippen LogP contribution in [0.25, 0.3) is 0 Å². The van der Waals surface area contributed by atoms with Gasteiger partial charge >= 0.3 is 5.97 Å². The number of benzene rings is 2. The molecule has 1 saturated heterocycles. The Morgan fingerprint density at radius 1 is 1.15 bits per heavy atom. The van der Waals surface area contributed by atoms with Gasteiger partial charge in [0.25, 0.3) is 5.91 Å². The zero-order valence-electron chi connectivity index (χ0n) is 17.6. The quantitative estimate of drug-likeness (QED) is 0.283. The van der Waals surface area contributed by atoms with E-state index >= 15 is 0 Å². The van der Waals surface area contributed by atoms with E-state index in [1.807, 2.05) is 47.4 Å². The molecule has 0 unspecified atom stereocenters. The van der Waals surface area contributed by atoms with E-state index in [-0.39, 0.29) is 28.9 Å². The molecule has 1 atom stereocenters. The molecule has 170 valence electrons. The number of methoxy groups -OCH3 is 1. The molecule has 1 aliphatic heterocycles.